The van der Waals surface area contributed by atoms with Gasteiger partial charge >= 0.3 is 5.97 Å². The molecule has 44 heavy (non-hydrogen) atoms. The third-order valence-corrected chi connectivity index (χ3v) is 10.2. The zero-order valence-corrected chi connectivity index (χ0v) is 24.7. The second kappa shape index (κ2) is 10.0. The molecule has 5 aliphatic rings. The Labute approximate surface area is 262 Å². The maximum Gasteiger partial charge on any atom is 0.316 e. The molecule has 0 aromatic heterocycles. The second-order valence-corrected chi connectivity index (χ2v) is 12.5. The largest absolute Gasteiger partial charge is 0.426 e. The number of hydrogen-bond donors (Lipinski definition) is 0. The highest BCUT2D eigenvalue weighted by atomic mass is 35.5. The number of halogens is 2. The van der Waals surface area contributed by atoms with E-state index in [1.807, 2.05) is 24.3 Å². The van der Waals surface area contributed by atoms with Crippen molar-refractivity contribution in [3.63, 3.8) is 0 Å². The molecule has 2 aliphatic heterocycles. The smallest absolute Gasteiger partial charge is 0.316 e. The summed E-state index contributed by atoms with van der Waals surface area (Å²) in [4.78, 5) is 56.9. The molecular weight excluding hydrogens is 599 g/mol. The fraction of sp³-hybridized carbons (Fsp3) is 0.200. The van der Waals surface area contributed by atoms with E-state index in [1.165, 1.54) is 15.9 Å². The fourth-order valence-corrected chi connectivity index (χ4v) is 8.01. The van der Waals surface area contributed by atoms with E-state index in [1.54, 1.807) is 36.4 Å². The molecule has 3 amide bonds. The van der Waals surface area contributed by atoms with Gasteiger partial charge in [0.15, 0.2) is 0 Å². The number of carbonyl (C=O) groups excluding carboxylic acids is 4. The Morgan fingerprint density at radius 3 is 1.89 bits per heavy atom. The number of esters is 1. The molecule has 2 heterocycles. The molecule has 0 N–H and O–H groups in total. The lowest BCUT2D eigenvalue weighted by molar-refractivity contribution is -0.139. The molecular formula is C35H24Cl2N2O5. The van der Waals surface area contributed by atoms with Crippen LogP contribution in [0, 0.1) is 17.8 Å². The number of hydrogen-bond acceptors (Lipinski definition) is 5. The first-order valence-corrected chi connectivity index (χ1v) is 15.2. The van der Waals surface area contributed by atoms with E-state index >= 15 is 0 Å². The van der Waals surface area contributed by atoms with Crippen molar-refractivity contribution >= 4 is 58.3 Å². The van der Waals surface area contributed by atoms with Gasteiger partial charge in [0.05, 0.1) is 39.2 Å². The van der Waals surface area contributed by atoms with Crippen molar-refractivity contribution in [2.75, 3.05) is 16.3 Å². The Balaban J connectivity index is 1.06. The quantitative estimate of drug-likeness (QED) is 0.150. The molecule has 3 aliphatic carbocycles. The minimum Gasteiger partial charge on any atom is -0.426 e. The molecule has 4 aromatic carbocycles. The number of nitrogens with zero attached hydrogens (tertiary/aromatic N) is 2. The van der Waals surface area contributed by atoms with Gasteiger partial charge in [0.2, 0.25) is 17.7 Å². The highest BCUT2D eigenvalue weighted by Gasteiger charge is 2.61. The van der Waals surface area contributed by atoms with Crippen molar-refractivity contribution in [1.82, 2.24) is 0 Å². The fourth-order valence-electron chi connectivity index (χ4n) is 7.62. The van der Waals surface area contributed by atoms with Gasteiger partial charge < -0.3 is 9.64 Å². The van der Waals surface area contributed by atoms with Crippen LogP contribution in [0.25, 0.3) is 0 Å². The zero-order valence-electron chi connectivity index (χ0n) is 23.2. The minimum atomic E-state index is -0.730. The molecule has 0 saturated carbocycles. The lowest BCUT2D eigenvalue weighted by Gasteiger charge is -2.45. The molecule has 0 radical (unpaired) electrons. The summed E-state index contributed by atoms with van der Waals surface area (Å²) in [5, 5.41) is 0.552. The summed E-state index contributed by atoms with van der Waals surface area (Å²) in [6.07, 6.45) is -0.0439. The normalized spacial score (nSPS) is 24.8. The van der Waals surface area contributed by atoms with Gasteiger partial charge in [0, 0.05) is 30.9 Å². The summed E-state index contributed by atoms with van der Waals surface area (Å²) in [7, 11) is 0. The Morgan fingerprint density at radius 2 is 1.30 bits per heavy atom. The molecule has 3 atom stereocenters. The molecule has 2 fully saturated rings. The van der Waals surface area contributed by atoms with E-state index < -0.39 is 23.7 Å². The van der Waals surface area contributed by atoms with Gasteiger partial charge in [0.1, 0.15) is 5.75 Å². The number of rotatable bonds is 4. The van der Waals surface area contributed by atoms with Crippen LogP contribution < -0.4 is 14.5 Å². The summed E-state index contributed by atoms with van der Waals surface area (Å²) < 4.78 is 5.70. The topological polar surface area (TPSA) is 84.0 Å². The molecule has 9 heteroatoms. The van der Waals surface area contributed by atoms with E-state index in [-0.39, 0.29) is 53.3 Å². The first-order chi connectivity index (χ1) is 21.3. The standard InChI is InChI=1S/C35H24Cl2N2O5/c36-25-13-6-14-26(32(25)37)38-17-18(15-27(38)40)35(43)44-20-8-5-7-19(16-20)39-33(41)30-28-21-9-1-2-10-22(21)29(31(30)34(39)42)24-12-4-3-11-23(24)28/h1-14,16,18,28-31H,15,17H2/t18-,28?,29?,30-,31-/m1/s1. The Bertz CT molecular complexity index is 1810. The summed E-state index contributed by atoms with van der Waals surface area (Å²) in [5.41, 5.74) is 5.18. The molecule has 9 rings (SSSR count). The maximum atomic E-state index is 14.1. The zero-order chi connectivity index (χ0) is 30.3. The van der Waals surface area contributed by atoms with Crippen molar-refractivity contribution < 1.29 is 23.9 Å². The molecule has 218 valence electrons. The number of amides is 3. The van der Waals surface area contributed by atoms with Gasteiger partial charge in [-0.1, -0.05) is 83.9 Å². The Kier molecular flexibility index (Phi) is 6.19. The number of carbonyl (C=O) groups is 4. The summed E-state index contributed by atoms with van der Waals surface area (Å²) in [6.45, 7) is 0.0910. The average Bonchev–Trinajstić information content (AvgIpc) is 3.55. The van der Waals surface area contributed by atoms with Gasteiger partial charge in [0.25, 0.3) is 0 Å². The second-order valence-electron chi connectivity index (χ2n) is 11.7. The number of anilines is 2. The predicted molar refractivity (Wildman–Crippen MR) is 165 cm³/mol. The number of imide groups is 1. The van der Waals surface area contributed by atoms with Crippen LogP contribution in [0.1, 0.15) is 40.5 Å². The van der Waals surface area contributed by atoms with Gasteiger partial charge in [-0.25, -0.2) is 4.90 Å². The maximum absolute atomic E-state index is 14.1. The average molecular weight is 623 g/mol. The molecule has 0 unspecified atom stereocenters. The van der Waals surface area contributed by atoms with Crippen molar-refractivity contribution in [3.8, 4) is 5.75 Å². The van der Waals surface area contributed by atoms with E-state index in [2.05, 4.69) is 24.3 Å². The van der Waals surface area contributed by atoms with Crippen LogP contribution in [0.3, 0.4) is 0 Å². The van der Waals surface area contributed by atoms with Crippen LogP contribution in [0.2, 0.25) is 10.0 Å². The molecule has 2 saturated heterocycles. The van der Waals surface area contributed by atoms with Crippen molar-refractivity contribution in [2.24, 2.45) is 17.8 Å². The van der Waals surface area contributed by atoms with Crippen molar-refractivity contribution in [1.29, 1.82) is 0 Å². The third kappa shape index (κ3) is 3.89. The van der Waals surface area contributed by atoms with Crippen molar-refractivity contribution in [3.05, 3.63) is 123 Å². The number of ether oxygens (including phenoxy) is 1. The van der Waals surface area contributed by atoms with E-state index in [0.29, 0.717) is 16.4 Å². The monoisotopic (exact) mass is 622 g/mol. The van der Waals surface area contributed by atoms with Crippen LogP contribution in [0.15, 0.2) is 91.0 Å². The number of benzene rings is 4. The highest BCUT2D eigenvalue weighted by Crippen LogP contribution is 2.61. The Morgan fingerprint density at radius 1 is 0.727 bits per heavy atom. The van der Waals surface area contributed by atoms with Crippen LogP contribution in [-0.2, 0) is 19.2 Å². The molecule has 2 bridgehead atoms. The third-order valence-electron chi connectivity index (χ3n) is 9.42. The van der Waals surface area contributed by atoms with Gasteiger partial charge in [-0.05, 0) is 46.5 Å². The van der Waals surface area contributed by atoms with E-state index in [4.69, 9.17) is 27.9 Å². The summed E-state index contributed by atoms with van der Waals surface area (Å²) in [6, 6.07) is 27.6. The van der Waals surface area contributed by atoms with Gasteiger partial charge in [-0.2, -0.15) is 0 Å². The molecule has 0 spiro atoms. The first kappa shape index (κ1) is 27.1. The van der Waals surface area contributed by atoms with Crippen molar-refractivity contribution in [2.45, 2.75) is 18.3 Å². The van der Waals surface area contributed by atoms with Gasteiger partial charge in [-0.15, -0.1) is 0 Å². The minimum absolute atomic E-state index is 0.0439. The summed E-state index contributed by atoms with van der Waals surface area (Å²) in [5.74, 6) is -3.36. The van der Waals surface area contributed by atoms with Gasteiger partial charge in [-0.3, -0.25) is 19.2 Å². The predicted octanol–water partition coefficient (Wildman–Crippen LogP) is 6.35. The molecule has 7 nitrogen and oxygen atoms in total. The lowest BCUT2D eigenvalue weighted by atomic mass is 9.55. The Hall–Kier alpha value is -4.46. The van der Waals surface area contributed by atoms with Crippen LogP contribution >= 0.6 is 23.2 Å². The summed E-state index contributed by atoms with van der Waals surface area (Å²) >= 11 is 12.4. The highest BCUT2D eigenvalue weighted by molar-refractivity contribution is 6.44. The van der Waals surface area contributed by atoms with Crippen LogP contribution in [0.5, 0.6) is 5.75 Å². The van der Waals surface area contributed by atoms with E-state index in [9.17, 15) is 19.2 Å². The van der Waals surface area contributed by atoms with E-state index in [0.717, 1.165) is 22.3 Å². The first-order valence-electron chi connectivity index (χ1n) is 14.4. The SMILES string of the molecule is O=C(Oc1cccc(N2C(=O)[C@@H]3C4c5ccccc5C(c5ccccc54)[C@H]3C2=O)c1)[C@@H]1CC(=O)N(c2cccc(Cl)c2Cl)C1. The molecule has 4 aromatic rings. The van der Waals surface area contributed by atoms with Crippen LogP contribution in [0.4, 0.5) is 11.4 Å². The van der Waals surface area contributed by atoms with Crippen LogP contribution in [-0.4, -0.2) is 30.2 Å². The lowest BCUT2D eigenvalue weighted by Crippen LogP contribution is -2.41.